The lowest BCUT2D eigenvalue weighted by Gasteiger charge is -2.58. The number of ether oxygens (including phenoxy) is 6. The third-order valence-corrected chi connectivity index (χ3v) is 18.9. The van der Waals surface area contributed by atoms with Gasteiger partial charge < -0.3 is 69.3 Å². The van der Waals surface area contributed by atoms with Crippen LogP contribution in [-0.2, 0) is 38.2 Å². The second-order valence-corrected chi connectivity index (χ2v) is 22.4. The van der Waals surface area contributed by atoms with Gasteiger partial charge in [-0.25, -0.2) is 9.78 Å². The smallest absolute Gasteiger partial charge is 0.186 e. The average molecular weight is 911 g/mol. The van der Waals surface area contributed by atoms with Crippen molar-refractivity contribution in [1.82, 2.24) is 0 Å². The quantitative estimate of drug-likeness (QED) is 0.0893. The van der Waals surface area contributed by atoms with Crippen LogP contribution in [-0.4, -0.2) is 159 Å². The van der Waals surface area contributed by atoms with Crippen LogP contribution in [0.1, 0.15) is 106 Å². The van der Waals surface area contributed by atoms with Gasteiger partial charge in [0.25, 0.3) is 0 Å². The molecule has 1 spiro atoms. The lowest BCUT2D eigenvalue weighted by molar-refractivity contribution is -0.348. The van der Waals surface area contributed by atoms with E-state index < -0.39 is 97.2 Å². The van der Waals surface area contributed by atoms with E-state index in [1.54, 1.807) is 6.92 Å². The van der Waals surface area contributed by atoms with E-state index in [4.69, 9.17) is 38.2 Å². The molecule has 8 N–H and O–H groups in total. The molecule has 0 bridgehead atoms. The molecule has 9 aliphatic rings. The molecule has 4 aliphatic heterocycles. The van der Waals surface area contributed by atoms with Crippen LogP contribution < -0.4 is 0 Å². The summed E-state index contributed by atoms with van der Waals surface area (Å²) in [6.45, 7) is 13.0. The highest BCUT2D eigenvalue weighted by Gasteiger charge is 2.69. The summed E-state index contributed by atoms with van der Waals surface area (Å²) in [5.74, 6) is 1.09. The van der Waals surface area contributed by atoms with Gasteiger partial charge in [0, 0.05) is 30.8 Å². The molecule has 26 atom stereocenters. The van der Waals surface area contributed by atoms with Crippen LogP contribution >= 0.6 is 0 Å². The van der Waals surface area contributed by atoms with E-state index in [0.717, 1.165) is 45.1 Å². The molecule has 9 rings (SSSR count). The molecule has 64 heavy (non-hydrogen) atoms. The minimum atomic E-state index is -1.63. The Morgan fingerprint density at radius 1 is 0.734 bits per heavy atom. The first-order chi connectivity index (χ1) is 30.4. The molecular formula is C48H78O16. The predicted octanol–water partition coefficient (Wildman–Crippen LogP) is 2.33. The Morgan fingerprint density at radius 2 is 1.44 bits per heavy atom. The third-order valence-electron chi connectivity index (χ3n) is 18.9. The van der Waals surface area contributed by atoms with Gasteiger partial charge >= 0.3 is 0 Å². The van der Waals surface area contributed by atoms with Gasteiger partial charge in [-0.05, 0) is 118 Å². The van der Waals surface area contributed by atoms with Crippen molar-refractivity contribution in [1.29, 1.82) is 0 Å². The fraction of sp³-hybridized carbons (Fsp3) is 0.958. The molecule has 26 unspecified atom stereocenters. The zero-order chi connectivity index (χ0) is 45.6. The van der Waals surface area contributed by atoms with Crippen LogP contribution in [0, 0.1) is 64.1 Å². The maximum atomic E-state index is 12.0. The van der Waals surface area contributed by atoms with E-state index in [0.29, 0.717) is 35.5 Å². The van der Waals surface area contributed by atoms with Crippen molar-refractivity contribution in [2.24, 2.45) is 64.1 Å². The second kappa shape index (κ2) is 18.4. The number of aliphatic hydroxyl groups excluding tert-OH is 8. The van der Waals surface area contributed by atoms with E-state index in [-0.39, 0.29) is 49.3 Å². The summed E-state index contributed by atoms with van der Waals surface area (Å²) >= 11 is 0. The number of allylic oxidation sites excluding steroid dienone is 1. The molecule has 0 aromatic heterocycles. The number of hydrogen-bond donors (Lipinski definition) is 8. The van der Waals surface area contributed by atoms with Gasteiger partial charge in [-0.1, -0.05) is 39.3 Å². The summed E-state index contributed by atoms with van der Waals surface area (Å²) in [7, 11) is 0. The van der Waals surface area contributed by atoms with Gasteiger partial charge in [-0.2, -0.15) is 0 Å². The summed E-state index contributed by atoms with van der Waals surface area (Å²) < 4.78 is 37.0. The Labute approximate surface area is 377 Å². The van der Waals surface area contributed by atoms with Crippen LogP contribution in [0.4, 0.5) is 0 Å². The van der Waals surface area contributed by atoms with Crippen LogP contribution in [0.5, 0.6) is 0 Å². The Hall–Kier alpha value is -0.900. The van der Waals surface area contributed by atoms with Crippen LogP contribution in [0.25, 0.3) is 0 Å². The molecule has 16 nitrogen and oxygen atoms in total. The molecule has 16 heteroatoms. The van der Waals surface area contributed by atoms with E-state index >= 15 is 0 Å². The molecule has 0 aromatic rings. The summed E-state index contributed by atoms with van der Waals surface area (Å²) in [6, 6.07) is 0. The lowest BCUT2D eigenvalue weighted by Crippen LogP contribution is -2.61. The molecule has 4 saturated heterocycles. The molecule has 0 aromatic carbocycles. The molecule has 5 aliphatic carbocycles. The Morgan fingerprint density at radius 3 is 2.12 bits per heavy atom. The van der Waals surface area contributed by atoms with E-state index in [1.807, 2.05) is 0 Å². The van der Waals surface area contributed by atoms with Gasteiger partial charge in [0.05, 0.1) is 56.4 Å². The van der Waals surface area contributed by atoms with Crippen LogP contribution in [0.3, 0.4) is 0 Å². The van der Waals surface area contributed by atoms with Crippen LogP contribution in [0.2, 0.25) is 0 Å². The molecule has 0 amide bonds. The number of aliphatic hydroxyl groups is 8. The SMILES string of the molecule is CC1CCC2(OC1)OC1CC3C4CC=C5CC(OOCC6CC(CO)C(OC7OC(C)C(O)C(O)C7O)C(O)C6COC6OC(C)C(O)C(O)C6O)CCC5(C)C4CCC3(C)C1C2C. The maximum absolute atomic E-state index is 12.0. The normalized spacial score (nSPS) is 56.2. The Balaban J connectivity index is 0.845. The lowest BCUT2D eigenvalue weighted by atomic mass is 9.47. The van der Waals surface area contributed by atoms with E-state index in [2.05, 4.69) is 33.8 Å². The van der Waals surface area contributed by atoms with Gasteiger partial charge in [-0.3, -0.25) is 0 Å². The van der Waals surface area contributed by atoms with Crippen molar-refractivity contribution in [3.8, 4) is 0 Å². The first kappa shape index (κ1) is 48.1. The predicted molar refractivity (Wildman–Crippen MR) is 226 cm³/mol. The minimum absolute atomic E-state index is 0.0383. The number of rotatable bonds is 10. The van der Waals surface area contributed by atoms with Crippen LogP contribution in [0.15, 0.2) is 11.6 Å². The van der Waals surface area contributed by atoms with Crippen molar-refractivity contribution in [2.75, 3.05) is 26.4 Å². The molecule has 4 heterocycles. The molecule has 366 valence electrons. The zero-order valence-electron chi connectivity index (χ0n) is 38.6. The highest BCUT2D eigenvalue weighted by atomic mass is 17.2. The van der Waals surface area contributed by atoms with Crippen molar-refractivity contribution in [2.45, 2.75) is 197 Å². The average Bonchev–Trinajstić information content (AvgIpc) is 3.72. The maximum Gasteiger partial charge on any atom is 0.186 e. The largest absolute Gasteiger partial charge is 0.396 e. The van der Waals surface area contributed by atoms with E-state index in [9.17, 15) is 40.9 Å². The standard InChI is InChI=1S/C48H78O16/c1-22-9-14-48(58-19-22)23(2)35-34(63-48)17-33-30-8-7-28-16-29(10-12-46(28,5)32(30)11-13-47(33,35)6)64-59-20-27-15-26(18-49)43(62-45-42(56)40(54)37(51)25(4)61-45)38(52)31(27)21-57-44-41(55)39(53)36(50)24(3)60-44/h7,22-27,29-45,49-56H,8-21H2,1-6H3. The fourth-order valence-electron chi connectivity index (χ4n) is 14.9. The first-order valence-electron chi connectivity index (χ1n) is 24.7. The summed E-state index contributed by atoms with van der Waals surface area (Å²) in [4.78, 5) is 12.3. The Kier molecular flexibility index (Phi) is 13.9. The fourth-order valence-corrected chi connectivity index (χ4v) is 14.9. The van der Waals surface area contributed by atoms with Crippen molar-refractivity contribution < 1.29 is 79.0 Å². The summed E-state index contributed by atoms with van der Waals surface area (Å²) in [5, 5.41) is 85.4. The van der Waals surface area contributed by atoms with Gasteiger partial charge in [-0.15, -0.1) is 0 Å². The van der Waals surface area contributed by atoms with Crippen molar-refractivity contribution in [3.05, 3.63) is 11.6 Å². The van der Waals surface area contributed by atoms with Gasteiger partial charge in [0.15, 0.2) is 18.4 Å². The minimum Gasteiger partial charge on any atom is -0.396 e. The first-order valence-corrected chi connectivity index (χ1v) is 24.7. The van der Waals surface area contributed by atoms with Gasteiger partial charge in [0.2, 0.25) is 0 Å². The van der Waals surface area contributed by atoms with Crippen molar-refractivity contribution in [3.63, 3.8) is 0 Å². The molecule has 0 radical (unpaired) electrons. The second-order valence-electron chi connectivity index (χ2n) is 22.4. The van der Waals surface area contributed by atoms with Crippen molar-refractivity contribution >= 4 is 0 Å². The summed E-state index contributed by atoms with van der Waals surface area (Å²) in [5.41, 5.74) is 1.79. The summed E-state index contributed by atoms with van der Waals surface area (Å²) in [6.07, 6.45) is -3.54. The molecular weight excluding hydrogens is 833 g/mol. The number of hydrogen-bond acceptors (Lipinski definition) is 16. The highest BCUT2D eigenvalue weighted by Crippen LogP contribution is 2.70. The molecule has 4 saturated carbocycles. The monoisotopic (exact) mass is 911 g/mol. The topological polar surface area (TPSA) is 236 Å². The Bertz CT molecular complexity index is 1640. The third kappa shape index (κ3) is 8.20. The highest BCUT2D eigenvalue weighted by molar-refractivity contribution is 5.26. The van der Waals surface area contributed by atoms with Gasteiger partial charge in [0.1, 0.15) is 36.6 Å². The molecule has 8 fully saturated rings. The number of fused-ring (bicyclic) bond motifs is 7. The zero-order valence-corrected chi connectivity index (χ0v) is 38.6. The van der Waals surface area contributed by atoms with E-state index in [1.165, 1.54) is 31.8 Å².